The highest BCUT2D eigenvalue weighted by atomic mass is 16.4. The summed E-state index contributed by atoms with van der Waals surface area (Å²) in [6, 6.07) is -4.09. The zero-order valence-electron chi connectivity index (χ0n) is 40.8. The molecule has 0 unspecified atom stereocenters. The molecule has 8 amide bonds. The fourth-order valence-electron chi connectivity index (χ4n) is 7.86. The molecule has 0 spiro atoms. The molecule has 1 saturated carbocycles. The Morgan fingerprint density at radius 2 is 1.23 bits per heavy atom. The summed E-state index contributed by atoms with van der Waals surface area (Å²) in [6.45, 7) is 7.08. The number of carbonyl (C=O) groups is 10. The van der Waals surface area contributed by atoms with E-state index >= 15 is 0 Å². The van der Waals surface area contributed by atoms with E-state index < -0.39 is 127 Å². The molecule has 1 fully saturated rings. The summed E-state index contributed by atoms with van der Waals surface area (Å²) in [7, 11) is 0. The summed E-state index contributed by atoms with van der Waals surface area (Å²) in [5, 5.41) is 46.8. The van der Waals surface area contributed by atoms with Crippen molar-refractivity contribution in [2.24, 2.45) is 35.0 Å². The molecule has 23 heteroatoms. The number of benzene rings is 1. The van der Waals surface area contributed by atoms with Gasteiger partial charge in [-0.3, -0.25) is 43.2 Å². The van der Waals surface area contributed by atoms with Crippen molar-refractivity contribution in [2.45, 2.75) is 166 Å². The summed E-state index contributed by atoms with van der Waals surface area (Å²) >= 11 is 0. The van der Waals surface area contributed by atoms with Crippen LogP contribution >= 0.6 is 0 Å². The summed E-state index contributed by atoms with van der Waals surface area (Å²) in [4.78, 5) is 131. The molecule has 23 nitrogen and oxygen atoms in total. The zero-order chi connectivity index (χ0) is 52.5. The van der Waals surface area contributed by atoms with Crippen LogP contribution in [0.5, 0.6) is 5.75 Å². The van der Waals surface area contributed by atoms with E-state index in [0.717, 1.165) is 32.1 Å². The number of nitrogens with one attached hydrogen (secondary N) is 7. The van der Waals surface area contributed by atoms with Crippen molar-refractivity contribution in [2.75, 3.05) is 13.1 Å². The first-order chi connectivity index (χ1) is 33.0. The third kappa shape index (κ3) is 22.4. The molecule has 0 saturated heterocycles. The SMILES string of the molecule is CC[C@H](C)[C@@H](N)C(=O)N[C@H](CC(C)C)C(=O)NCC(=O)N[C@H](CC1CCCCC1)C(=O)N[C@H](CCC(N)=O)C(=O)N[C@H](CC(=O)O)C(=O)N[C@H](Cc1ccc(O)cc1)C(=O)N[C@H](CCCCN)C(=O)O. The lowest BCUT2D eigenvalue weighted by Gasteiger charge is -2.29. The summed E-state index contributed by atoms with van der Waals surface area (Å²) in [5.74, 6) is -10.2. The number of rotatable bonds is 32. The summed E-state index contributed by atoms with van der Waals surface area (Å²) in [5.41, 5.74) is 17.4. The minimum atomic E-state index is -1.90. The van der Waals surface area contributed by atoms with Gasteiger partial charge in [-0.05, 0) is 80.5 Å². The van der Waals surface area contributed by atoms with Crippen LogP contribution < -0.4 is 54.4 Å². The van der Waals surface area contributed by atoms with Gasteiger partial charge in [-0.25, -0.2) is 4.79 Å². The highest BCUT2D eigenvalue weighted by Gasteiger charge is 2.35. The Morgan fingerprint density at radius 3 is 1.80 bits per heavy atom. The molecule has 0 bridgehead atoms. The molecule has 0 radical (unpaired) electrons. The quantitative estimate of drug-likeness (QED) is 0.0397. The molecular formula is C47H76N10O13. The van der Waals surface area contributed by atoms with Crippen molar-refractivity contribution >= 4 is 59.2 Å². The largest absolute Gasteiger partial charge is 0.508 e. The Morgan fingerprint density at radius 1 is 0.671 bits per heavy atom. The molecule has 70 heavy (non-hydrogen) atoms. The smallest absolute Gasteiger partial charge is 0.326 e. The fraction of sp³-hybridized carbons (Fsp3) is 0.660. The number of aliphatic carboxylic acids is 2. The first kappa shape index (κ1) is 59.8. The minimum Gasteiger partial charge on any atom is -0.508 e. The maximum atomic E-state index is 14.1. The monoisotopic (exact) mass is 989 g/mol. The van der Waals surface area contributed by atoms with Gasteiger partial charge in [0.05, 0.1) is 19.0 Å². The first-order valence-electron chi connectivity index (χ1n) is 24.1. The second-order valence-corrected chi connectivity index (χ2v) is 18.5. The van der Waals surface area contributed by atoms with Gasteiger partial charge in [0.1, 0.15) is 42.0 Å². The van der Waals surface area contributed by atoms with Crippen LogP contribution in [0, 0.1) is 17.8 Å². The van der Waals surface area contributed by atoms with Crippen LogP contribution in [0.3, 0.4) is 0 Å². The number of carboxylic acid groups (broad SMARTS) is 2. The van der Waals surface area contributed by atoms with E-state index in [1.54, 1.807) is 0 Å². The Labute approximate surface area is 408 Å². The number of primary amides is 1. The number of phenolic OH excluding ortho intramolecular Hbond substituents is 1. The Bertz CT molecular complexity index is 1930. The second kappa shape index (κ2) is 31.0. The van der Waals surface area contributed by atoms with E-state index in [0.29, 0.717) is 24.8 Å². The molecule has 0 aromatic heterocycles. The molecular weight excluding hydrogens is 913 g/mol. The van der Waals surface area contributed by atoms with Crippen molar-refractivity contribution in [1.29, 1.82) is 0 Å². The van der Waals surface area contributed by atoms with E-state index in [1.807, 2.05) is 27.7 Å². The van der Waals surface area contributed by atoms with Gasteiger partial charge >= 0.3 is 11.9 Å². The van der Waals surface area contributed by atoms with E-state index in [-0.39, 0.29) is 55.7 Å². The predicted molar refractivity (Wildman–Crippen MR) is 256 cm³/mol. The molecule has 8 atom stereocenters. The van der Waals surface area contributed by atoms with Crippen molar-refractivity contribution in [3.05, 3.63) is 29.8 Å². The lowest BCUT2D eigenvalue weighted by atomic mass is 9.84. The van der Waals surface area contributed by atoms with Crippen LogP contribution in [0.1, 0.15) is 123 Å². The van der Waals surface area contributed by atoms with Crippen LogP contribution in [-0.4, -0.2) is 130 Å². The summed E-state index contributed by atoms with van der Waals surface area (Å²) < 4.78 is 0. The van der Waals surface area contributed by atoms with Gasteiger partial charge in [0.15, 0.2) is 0 Å². The van der Waals surface area contributed by atoms with Crippen molar-refractivity contribution in [3.63, 3.8) is 0 Å². The van der Waals surface area contributed by atoms with Crippen molar-refractivity contribution in [3.8, 4) is 5.75 Å². The van der Waals surface area contributed by atoms with E-state index in [2.05, 4.69) is 37.2 Å². The molecule has 2 rings (SSSR count). The number of carbonyl (C=O) groups excluding carboxylic acids is 8. The van der Waals surface area contributed by atoms with Gasteiger partial charge < -0.3 is 69.7 Å². The Kier molecular flexibility index (Phi) is 26.5. The number of hydrogen-bond donors (Lipinski definition) is 13. The number of unbranched alkanes of at least 4 members (excludes halogenated alkanes) is 1. The lowest BCUT2D eigenvalue weighted by molar-refractivity contribution is -0.143. The molecule has 0 aliphatic heterocycles. The van der Waals surface area contributed by atoms with Crippen LogP contribution in [0.15, 0.2) is 24.3 Å². The normalized spacial score (nSPS) is 16.1. The Balaban J connectivity index is 2.37. The van der Waals surface area contributed by atoms with Crippen molar-refractivity contribution < 1.29 is 63.3 Å². The summed E-state index contributed by atoms with van der Waals surface area (Å²) in [6.07, 6.45) is 3.83. The molecule has 1 aliphatic rings. The molecule has 1 aromatic rings. The van der Waals surface area contributed by atoms with Crippen LogP contribution in [0.25, 0.3) is 0 Å². The number of aromatic hydroxyl groups is 1. The number of carboxylic acids is 2. The molecule has 392 valence electrons. The van der Waals surface area contributed by atoms with Crippen LogP contribution in [-0.2, 0) is 54.4 Å². The van der Waals surface area contributed by atoms with E-state index in [4.69, 9.17) is 17.2 Å². The average Bonchev–Trinajstić information content (AvgIpc) is 3.30. The lowest BCUT2D eigenvalue weighted by Crippen LogP contribution is -2.60. The third-order valence-corrected chi connectivity index (χ3v) is 12.2. The topological polar surface area (TPSA) is 394 Å². The number of amides is 8. The second-order valence-electron chi connectivity index (χ2n) is 18.5. The van der Waals surface area contributed by atoms with Gasteiger partial charge in [-0.2, -0.15) is 0 Å². The molecule has 1 aliphatic carbocycles. The molecule has 1 aromatic carbocycles. The van der Waals surface area contributed by atoms with E-state index in [1.165, 1.54) is 24.3 Å². The van der Waals surface area contributed by atoms with Gasteiger partial charge in [0.2, 0.25) is 47.3 Å². The predicted octanol–water partition coefficient (Wildman–Crippen LogP) is -0.697. The maximum Gasteiger partial charge on any atom is 0.326 e. The third-order valence-electron chi connectivity index (χ3n) is 12.2. The highest BCUT2D eigenvalue weighted by Crippen LogP contribution is 2.27. The average molecular weight is 989 g/mol. The van der Waals surface area contributed by atoms with Gasteiger partial charge in [-0.15, -0.1) is 0 Å². The number of nitrogens with two attached hydrogens (primary N) is 3. The fourth-order valence-corrected chi connectivity index (χ4v) is 7.86. The van der Waals surface area contributed by atoms with Crippen LogP contribution in [0.2, 0.25) is 0 Å². The highest BCUT2D eigenvalue weighted by molar-refractivity contribution is 5.98. The number of hydrogen-bond acceptors (Lipinski definition) is 13. The van der Waals surface area contributed by atoms with Crippen molar-refractivity contribution in [1.82, 2.24) is 37.2 Å². The maximum absolute atomic E-state index is 14.1. The minimum absolute atomic E-state index is 0.00441. The van der Waals surface area contributed by atoms with Gasteiger partial charge in [-0.1, -0.05) is 78.4 Å². The van der Waals surface area contributed by atoms with E-state index in [9.17, 15) is 63.3 Å². The van der Waals surface area contributed by atoms with Gasteiger partial charge in [0, 0.05) is 12.8 Å². The number of phenols is 1. The standard InChI is InChI=1S/C47H76N10O13/c1-5-27(4)40(50)46(68)57-33(21-26(2)3)41(63)51-25-38(60)52-34(22-28-11-7-6-8-12-28)43(65)53-31(18-19-37(49)59)42(64)56-36(24-39(61)62)45(67)55-35(23-29-14-16-30(58)17-15-29)44(66)54-32(47(69)70)13-9-10-20-48/h14-17,26-28,31-36,40,58H,5-13,18-25,48,50H2,1-4H3,(H2,49,59)(H,51,63)(H,52,60)(H,53,65)(H,54,66)(H,55,67)(H,56,64)(H,57,68)(H,61,62)(H,69,70)/t27-,31+,32+,33+,34+,35+,36+,40+/m0/s1. The molecule has 0 heterocycles. The molecule has 16 N–H and O–H groups in total. The first-order valence-corrected chi connectivity index (χ1v) is 24.1. The van der Waals surface area contributed by atoms with Gasteiger partial charge in [0.25, 0.3) is 0 Å². The van der Waals surface area contributed by atoms with Crippen LogP contribution in [0.4, 0.5) is 0 Å². The zero-order valence-corrected chi connectivity index (χ0v) is 40.8. The Hall–Kier alpha value is -6.36.